The average molecular weight is 483 g/mol. The van der Waals surface area contributed by atoms with E-state index in [1.54, 1.807) is 29.2 Å². The van der Waals surface area contributed by atoms with Crippen LogP contribution in [0.3, 0.4) is 0 Å². The van der Waals surface area contributed by atoms with E-state index in [-0.39, 0.29) is 29.7 Å². The first-order valence-corrected chi connectivity index (χ1v) is 13.2. The Kier molecular flexibility index (Phi) is 8.84. The third-order valence-electron chi connectivity index (χ3n) is 6.41. The molecular weight excluding hydrogens is 448 g/mol. The minimum Gasteiger partial charge on any atom is -0.310 e. The van der Waals surface area contributed by atoms with E-state index in [2.05, 4.69) is 15.7 Å². The summed E-state index contributed by atoms with van der Waals surface area (Å²) in [7, 11) is -3.56. The summed E-state index contributed by atoms with van der Waals surface area (Å²) >= 11 is 0. The van der Waals surface area contributed by atoms with Crippen molar-refractivity contribution in [2.75, 3.05) is 37.6 Å². The van der Waals surface area contributed by atoms with Gasteiger partial charge in [-0.25, -0.2) is 13.1 Å². The number of hydrogen-bond donors (Lipinski definition) is 1. The van der Waals surface area contributed by atoms with Crippen molar-refractivity contribution in [3.8, 4) is 6.07 Å². The van der Waals surface area contributed by atoms with Crippen LogP contribution in [0.4, 0.5) is 5.69 Å². The lowest BCUT2D eigenvalue weighted by molar-refractivity contribution is -0.120. The number of rotatable bonds is 9. The molecule has 1 heterocycles. The summed E-state index contributed by atoms with van der Waals surface area (Å²) in [6.07, 6.45) is 2.09. The molecule has 34 heavy (non-hydrogen) atoms. The van der Waals surface area contributed by atoms with Gasteiger partial charge < -0.3 is 4.90 Å². The normalized spacial score (nSPS) is 16.7. The Morgan fingerprint density at radius 1 is 1.15 bits per heavy atom. The number of amides is 1. The molecule has 2 aromatic rings. The smallest absolute Gasteiger partial charge is 0.241 e. The number of nitriles is 1. The second kappa shape index (κ2) is 11.6. The van der Waals surface area contributed by atoms with E-state index in [1.807, 2.05) is 39.0 Å². The fourth-order valence-corrected chi connectivity index (χ4v) is 5.34. The minimum atomic E-state index is -3.56. The molecular formula is C26H34N4O3S. The summed E-state index contributed by atoms with van der Waals surface area (Å²) in [6, 6.07) is 14.9. The first-order valence-electron chi connectivity index (χ1n) is 11.7. The maximum atomic E-state index is 13.2. The Hall–Kier alpha value is -2.73. The molecule has 1 aliphatic heterocycles. The summed E-state index contributed by atoms with van der Waals surface area (Å²) in [5.41, 5.74) is 4.08. The fraction of sp³-hybridized carbons (Fsp3) is 0.462. The molecule has 1 aliphatic rings. The van der Waals surface area contributed by atoms with Gasteiger partial charge in [-0.15, -0.1) is 0 Å². The zero-order valence-corrected chi connectivity index (χ0v) is 21.1. The predicted octanol–water partition coefficient (Wildman–Crippen LogP) is 3.55. The van der Waals surface area contributed by atoms with Gasteiger partial charge in [0.25, 0.3) is 0 Å². The van der Waals surface area contributed by atoms with Crippen molar-refractivity contribution in [1.82, 2.24) is 9.62 Å². The van der Waals surface area contributed by atoms with E-state index in [9.17, 15) is 13.2 Å². The Labute approximate surface area is 203 Å². The zero-order chi connectivity index (χ0) is 24.7. The number of likely N-dealkylation sites (tertiary alicyclic amines) is 1. The average Bonchev–Trinajstić information content (AvgIpc) is 2.81. The zero-order valence-electron chi connectivity index (χ0n) is 20.3. The maximum Gasteiger partial charge on any atom is 0.241 e. The Morgan fingerprint density at radius 2 is 1.88 bits per heavy atom. The van der Waals surface area contributed by atoms with Crippen LogP contribution in [0.2, 0.25) is 0 Å². The van der Waals surface area contributed by atoms with Crippen LogP contribution in [0.5, 0.6) is 0 Å². The number of anilines is 1. The molecule has 3 rings (SSSR count). The van der Waals surface area contributed by atoms with E-state index >= 15 is 0 Å². The van der Waals surface area contributed by atoms with Gasteiger partial charge in [-0.2, -0.15) is 5.26 Å². The van der Waals surface area contributed by atoms with Gasteiger partial charge >= 0.3 is 0 Å². The highest BCUT2D eigenvalue weighted by Crippen LogP contribution is 2.21. The number of hydrogen-bond acceptors (Lipinski definition) is 5. The number of aryl methyl sites for hydroxylation is 3. The van der Waals surface area contributed by atoms with Crippen molar-refractivity contribution in [3.05, 3.63) is 59.2 Å². The van der Waals surface area contributed by atoms with Gasteiger partial charge in [0.1, 0.15) is 0 Å². The highest BCUT2D eigenvalue weighted by Gasteiger charge is 2.26. The van der Waals surface area contributed by atoms with Crippen LogP contribution < -0.4 is 9.62 Å². The SMILES string of the molecule is Cc1ccc(S(=O)(=O)NCC2CCCN(CC(=O)N(CCC#N)c3ccc(C)c(C)c3)C2)cc1. The Balaban J connectivity index is 1.61. The molecule has 8 heteroatoms. The number of carbonyl (C=O) groups excluding carboxylic acids is 1. The van der Waals surface area contributed by atoms with E-state index in [4.69, 9.17) is 5.26 Å². The van der Waals surface area contributed by atoms with Crippen molar-refractivity contribution >= 4 is 21.6 Å². The summed E-state index contributed by atoms with van der Waals surface area (Å²) in [5.74, 6) is 0.0929. The van der Waals surface area contributed by atoms with Crippen LogP contribution in [0.15, 0.2) is 47.4 Å². The molecule has 2 aromatic carbocycles. The lowest BCUT2D eigenvalue weighted by atomic mass is 9.98. The third-order valence-corrected chi connectivity index (χ3v) is 7.85. The second-order valence-corrected chi connectivity index (χ2v) is 10.9. The second-order valence-electron chi connectivity index (χ2n) is 9.13. The molecule has 182 valence electrons. The van der Waals surface area contributed by atoms with Crippen molar-refractivity contribution in [3.63, 3.8) is 0 Å². The van der Waals surface area contributed by atoms with Gasteiger partial charge in [-0.3, -0.25) is 9.69 Å². The molecule has 1 fully saturated rings. The van der Waals surface area contributed by atoms with Crippen LogP contribution in [-0.4, -0.2) is 51.9 Å². The molecule has 1 N–H and O–H groups in total. The van der Waals surface area contributed by atoms with E-state index < -0.39 is 10.0 Å². The largest absolute Gasteiger partial charge is 0.310 e. The van der Waals surface area contributed by atoms with E-state index in [1.165, 1.54) is 0 Å². The molecule has 0 bridgehead atoms. The molecule has 0 spiro atoms. The number of nitrogens with one attached hydrogen (secondary N) is 1. The van der Waals surface area contributed by atoms with Gasteiger partial charge in [0.15, 0.2) is 0 Å². The summed E-state index contributed by atoms with van der Waals surface area (Å²) < 4.78 is 28.0. The van der Waals surface area contributed by atoms with Crippen LogP contribution in [0, 0.1) is 38.0 Å². The molecule has 1 saturated heterocycles. The fourth-order valence-electron chi connectivity index (χ4n) is 4.22. The quantitative estimate of drug-likeness (QED) is 0.590. The molecule has 0 radical (unpaired) electrons. The molecule has 1 unspecified atom stereocenters. The first-order chi connectivity index (χ1) is 16.2. The lowest BCUT2D eigenvalue weighted by Gasteiger charge is -2.34. The van der Waals surface area contributed by atoms with E-state index in [0.29, 0.717) is 19.6 Å². The standard InChI is InChI=1S/C26H34N4O3S/c1-20-7-11-25(12-8-20)34(32,33)28-17-23-6-4-14-29(18-23)19-26(31)30(15-5-13-27)24-10-9-21(2)22(3)16-24/h7-12,16,23,28H,4-6,14-15,17-19H2,1-3H3. The number of nitrogens with zero attached hydrogens (tertiary/aromatic N) is 3. The van der Waals surface area contributed by atoms with Crippen LogP contribution >= 0.6 is 0 Å². The monoisotopic (exact) mass is 482 g/mol. The predicted molar refractivity (Wildman–Crippen MR) is 134 cm³/mol. The van der Waals surface area contributed by atoms with Gasteiger partial charge in [-0.1, -0.05) is 23.8 Å². The van der Waals surface area contributed by atoms with Crippen molar-refractivity contribution < 1.29 is 13.2 Å². The number of benzene rings is 2. The van der Waals surface area contributed by atoms with Crippen molar-refractivity contribution in [2.24, 2.45) is 5.92 Å². The summed E-state index contributed by atoms with van der Waals surface area (Å²) in [4.78, 5) is 17.3. The highest BCUT2D eigenvalue weighted by atomic mass is 32.2. The van der Waals surface area contributed by atoms with Gasteiger partial charge in [0.2, 0.25) is 15.9 Å². The summed E-state index contributed by atoms with van der Waals surface area (Å²) in [5, 5.41) is 9.06. The molecule has 1 amide bonds. The maximum absolute atomic E-state index is 13.2. The first kappa shape index (κ1) is 25.9. The molecule has 0 saturated carbocycles. The topological polar surface area (TPSA) is 93.5 Å². The highest BCUT2D eigenvalue weighted by molar-refractivity contribution is 7.89. The number of piperidine rings is 1. The lowest BCUT2D eigenvalue weighted by Crippen LogP contribution is -2.46. The third kappa shape index (κ3) is 6.89. The minimum absolute atomic E-state index is 0.0422. The van der Waals surface area contributed by atoms with Gasteiger partial charge in [-0.05, 0) is 81.5 Å². The number of sulfonamides is 1. The molecule has 1 atom stereocenters. The Morgan fingerprint density at radius 3 is 2.56 bits per heavy atom. The summed E-state index contributed by atoms with van der Waals surface area (Å²) in [6.45, 7) is 8.36. The van der Waals surface area contributed by atoms with Crippen molar-refractivity contribution in [1.29, 1.82) is 5.26 Å². The van der Waals surface area contributed by atoms with Crippen molar-refractivity contribution in [2.45, 2.75) is 44.9 Å². The molecule has 7 nitrogen and oxygen atoms in total. The van der Waals surface area contributed by atoms with Crippen LogP contribution in [0.1, 0.15) is 36.0 Å². The molecule has 0 aliphatic carbocycles. The van der Waals surface area contributed by atoms with Crippen LogP contribution in [-0.2, 0) is 14.8 Å². The number of carbonyl (C=O) groups is 1. The van der Waals surface area contributed by atoms with Gasteiger partial charge in [0.05, 0.1) is 23.9 Å². The van der Waals surface area contributed by atoms with E-state index in [0.717, 1.165) is 41.8 Å². The Bertz CT molecular complexity index is 1140. The van der Waals surface area contributed by atoms with Gasteiger partial charge in [0, 0.05) is 25.3 Å². The molecule has 0 aromatic heterocycles. The van der Waals surface area contributed by atoms with Crippen LogP contribution in [0.25, 0.3) is 0 Å².